The lowest BCUT2D eigenvalue weighted by Gasteiger charge is -2.11. The van der Waals surface area contributed by atoms with Gasteiger partial charge in [-0.2, -0.15) is 0 Å². The number of carbonyl (C=O) groups excluding carboxylic acids is 1. The highest BCUT2D eigenvalue weighted by Crippen LogP contribution is 2.31. The number of hydrogen-bond acceptors (Lipinski definition) is 2. The summed E-state index contributed by atoms with van der Waals surface area (Å²) in [4.78, 5) is 11.6. The van der Waals surface area contributed by atoms with Crippen LogP contribution >= 0.6 is 0 Å². The molecule has 0 spiro atoms. The molecule has 1 fully saturated rings. The van der Waals surface area contributed by atoms with Gasteiger partial charge >= 0.3 is 0 Å². The minimum Gasteiger partial charge on any atom is -0.355 e. The molecule has 1 aliphatic carbocycles. The molecule has 0 aromatic rings. The van der Waals surface area contributed by atoms with E-state index in [0.717, 1.165) is 6.42 Å². The van der Waals surface area contributed by atoms with Crippen molar-refractivity contribution in [3.63, 3.8) is 0 Å². The maximum Gasteiger partial charge on any atom is 0.220 e. The molecule has 0 saturated heterocycles. The summed E-state index contributed by atoms with van der Waals surface area (Å²) in [5.74, 6) is 0.850. The minimum atomic E-state index is 0.180. The van der Waals surface area contributed by atoms with Crippen LogP contribution in [0.2, 0.25) is 0 Å². The average molecular weight is 254 g/mol. The van der Waals surface area contributed by atoms with Crippen LogP contribution in [0.15, 0.2) is 0 Å². The van der Waals surface area contributed by atoms with Crippen molar-refractivity contribution < 1.29 is 4.79 Å². The van der Waals surface area contributed by atoms with E-state index in [9.17, 15) is 4.79 Å². The first-order valence-electron chi connectivity index (χ1n) is 7.76. The summed E-state index contributed by atoms with van der Waals surface area (Å²) in [6, 6.07) is 0.183. The van der Waals surface area contributed by atoms with Crippen molar-refractivity contribution in [2.24, 2.45) is 11.7 Å². The summed E-state index contributed by atoms with van der Waals surface area (Å²) in [7, 11) is 0. The van der Waals surface area contributed by atoms with Crippen LogP contribution in [0.1, 0.15) is 71.1 Å². The van der Waals surface area contributed by atoms with Crippen LogP contribution < -0.4 is 11.1 Å². The Balaban J connectivity index is 1.84. The summed E-state index contributed by atoms with van der Waals surface area (Å²) in [5, 5.41) is 2.95. The predicted octanol–water partition coefficient (Wildman–Crippen LogP) is 2.98. The van der Waals surface area contributed by atoms with Gasteiger partial charge in [0, 0.05) is 19.0 Å². The molecule has 3 nitrogen and oxygen atoms in total. The number of hydrogen-bond donors (Lipinski definition) is 2. The lowest BCUT2D eigenvalue weighted by atomic mass is 10.1. The summed E-state index contributed by atoms with van der Waals surface area (Å²) < 4.78 is 0. The molecule has 18 heavy (non-hydrogen) atoms. The Kier molecular flexibility index (Phi) is 8.06. The molecule has 0 heterocycles. The quantitative estimate of drug-likeness (QED) is 0.557. The molecule has 106 valence electrons. The van der Waals surface area contributed by atoms with Crippen LogP contribution in [0.3, 0.4) is 0 Å². The van der Waals surface area contributed by atoms with Gasteiger partial charge in [-0.15, -0.1) is 0 Å². The largest absolute Gasteiger partial charge is 0.355 e. The van der Waals surface area contributed by atoms with Crippen LogP contribution in [-0.4, -0.2) is 18.5 Å². The molecule has 3 N–H and O–H groups in total. The number of unbranched alkanes of at least 4 members (excludes halogenated alkanes) is 6. The topological polar surface area (TPSA) is 55.1 Å². The van der Waals surface area contributed by atoms with Crippen LogP contribution in [-0.2, 0) is 4.79 Å². The third kappa shape index (κ3) is 7.70. The van der Waals surface area contributed by atoms with E-state index in [4.69, 9.17) is 5.73 Å². The fourth-order valence-electron chi connectivity index (χ4n) is 2.25. The van der Waals surface area contributed by atoms with Crippen LogP contribution in [0, 0.1) is 5.92 Å². The second-order valence-corrected chi connectivity index (χ2v) is 5.68. The highest BCUT2D eigenvalue weighted by molar-refractivity contribution is 5.75. The van der Waals surface area contributed by atoms with Gasteiger partial charge in [0.1, 0.15) is 0 Å². The maximum absolute atomic E-state index is 11.6. The second-order valence-electron chi connectivity index (χ2n) is 5.68. The van der Waals surface area contributed by atoms with Crippen molar-refractivity contribution in [2.45, 2.75) is 77.2 Å². The fraction of sp³-hybridized carbons (Fsp3) is 0.933. The molecule has 0 aromatic heterocycles. The van der Waals surface area contributed by atoms with E-state index in [2.05, 4.69) is 12.2 Å². The van der Waals surface area contributed by atoms with E-state index in [1.807, 2.05) is 0 Å². The molecular formula is C15H30N2O. The van der Waals surface area contributed by atoms with Gasteiger partial charge in [0.25, 0.3) is 0 Å². The third-order valence-corrected chi connectivity index (χ3v) is 3.77. The van der Waals surface area contributed by atoms with Crippen molar-refractivity contribution >= 4 is 5.91 Å². The SMILES string of the molecule is CCCCCCCCCC(=O)NCC(N)C1CC1. The predicted molar refractivity (Wildman–Crippen MR) is 76.3 cm³/mol. The van der Waals surface area contributed by atoms with Crippen molar-refractivity contribution in [1.82, 2.24) is 5.32 Å². The molecule has 0 radical (unpaired) electrons. The summed E-state index contributed by atoms with van der Waals surface area (Å²) in [5.41, 5.74) is 5.94. The molecular weight excluding hydrogens is 224 g/mol. The molecule has 1 atom stereocenters. The molecule has 0 aliphatic heterocycles. The minimum absolute atomic E-state index is 0.180. The average Bonchev–Trinajstić information content (AvgIpc) is 3.19. The normalized spacial score (nSPS) is 16.6. The summed E-state index contributed by atoms with van der Waals surface area (Å²) in [6.07, 6.45) is 12.0. The van der Waals surface area contributed by atoms with Crippen LogP contribution in [0.25, 0.3) is 0 Å². The van der Waals surface area contributed by atoms with Gasteiger partial charge in [-0.25, -0.2) is 0 Å². The van der Waals surface area contributed by atoms with Crippen molar-refractivity contribution in [2.75, 3.05) is 6.54 Å². The molecule has 3 heteroatoms. The summed E-state index contributed by atoms with van der Waals surface area (Å²) >= 11 is 0. The van der Waals surface area contributed by atoms with E-state index in [-0.39, 0.29) is 11.9 Å². The molecule has 0 bridgehead atoms. The Bertz CT molecular complexity index is 227. The number of nitrogens with one attached hydrogen (secondary N) is 1. The van der Waals surface area contributed by atoms with Crippen molar-refractivity contribution in [1.29, 1.82) is 0 Å². The Hall–Kier alpha value is -0.570. The fourth-order valence-corrected chi connectivity index (χ4v) is 2.25. The zero-order valence-electron chi connectivity index (χ0n) is 11.9. The lowest BCUT2D eigenvalue weighted by Crippen LogP contribution is -2.38. The van der Waals surface area contributed by atoms with Gasteiger partial charge in [-0.3, -0.25) is 4.79 Å². The van der Waals surface area contributed by atoms with Crippen LogP contribution in [0.4, 0.5) is 0 Å². The van der Waals surface area contributed by atoms with Gasteiger partial charge in [-0.05, 0) is 25.2 Å². The molecule has 1 saturated carbocycles. The monoisotopic (exact) mass is 254 g/mol. The van der Waals surface area contributed by atoms with Gasteiger partial charge in [-0.1, -0.05) is 45.4 Å². The first-order chi connectivity index (χ1) is 8.74. The standard InChI is InChI=1S/C15H30N2O/c1-2-3-4-5-6-7-8-9-15(18)17-12-14(16)13-10-11-13/h13-14H,2-12,16H2,1H3,(H,17,18). The zero-order valence-corrected chi connectivity index (χ0v) is 11.9. The van der Waals surface area contributed by atoms with Crippen molar-refractivity contribution in [3.05, 3.63) is 0 Å². The van der Waals surface area contributed by atoms with Crippen molar-refractivity contribution in [3.8, 4) is 0 Å². The number of amides is 1. The van der Waals surface area contributed by atoms with Gasteiger partial charge in [0.05, 0.1) is 0 Å². The highest BCUT2D eigenvalue weighted by Gasteiger charge is 2.28. The summed E-state index contributed by atoms with van der Waals surface area (Å²) in [6.45, 7) is 2.90. The van der Waals surface area contributed by atoms with E-state index >= 15 is 0 Å². The van der Waals surface area contributed by atoms with Gasteiger partial charge in [0.2, 0.25) is 5.91 Å². The number of carbonyl (C=O) groups is 1. The van der Waals surface area contributed by atoms with Gasteiger partial charge < -0.3 is 11.1 Å². The Morgan fingerprint density at radius 1 is 1.17 bits per heavy atom. The molecule has 0 aromatic carbocycles. The van der Waals surface area contributed by atoms with E-state index < -0.39 is 0 Å². The Morgan fingerprint density at radius 3 is 2.39 bits per heavy atom. The van der Waals surface area contributed by atoms with Crippen LogP contribution in [0.5, 0.6) is 0 Å². The smallest absolute Gasteiger partial charge is 0.220 e. The van der Waals surface area contributed by atoms with E-state index in [1.165, 1.54) is 51.4 Å². The molecule has 1 aliphatic rings. The molecule has 1 rings (SSSR count). The molecule has 1 unspecified atom stereocenters. The third-order valence-electron chi connectivity index (χ3n) is 3.77. The first-order valence-corrected chi connectivity index (χ1v) is 7.76. The molecule has 1 amide bonds. The maximum atomic E-state index is 11.6. The first kappa shape index (κ1) is 15.5. The van der Waals surface area contributed by atoms with Gasteiger partial charge in [0.15, 0.2) is 0 Å². The Labute approximate surface area is 112 Å². The number of nitrogens with two attached hydrogens (primary N) is 1. The second kappa shape index (κ2) is 9.37. The van der Waals surface area contributed by atoms with E-state index in [1.54, 1.807) is 0 Å². The number of rotatable bonds is 11. The zero-order chi connectivity index (χ0) is 13.2. The Morgan fingerprint density at radius 2 is 1.78 bits per heavy atom. The lowest BCUT2D eigenvalue weighted by molar-refractivity contribution is -0.121. The van der Waals surface area contributed by atoms with E-state index in [0.29, 0.717) is 18.9 Å². The highest BCUT2D eigenvalue weighted by atomic mass is 16.1.